The van der Waals surface area contributed by atoms with Crippen LogP contribution in [0.15, 0.2) is 18.3 Å². The summed E-state index contributed by atoms with van der Waals surface area (Å²) in [5.41, 5.74) is 9.35. The van der Waals surface area contributed by atoms with Crippen molar-refractivity contribution in [2.75, 3.05) is 0 Å². The molecule has 19 heavy (non-hydrogen) atoms. The third-order valence-corrected chi connectivity index (χ3v) is 3.82. The molecule has 5 nitrogen and oxygen atoms in total. The molecule has 2 heterocycles. The predicted molar refractivity (Wildman–Crippen MR) is 73.5 cm³/mol. The van der Waals surface area contributed by atoms with Gasteiger partial charge < -0.3 is 10.6 Å². The van der Waals surface area contributed by atoms with Crippen LogP contribution in [-0.2, 0) is 17.8 Å². The highest BCUT2D eigenvalue weighted by Gasteiger charge is 2.29. The van der Waals surface area contributed by atoms with Crippen LogP contribution in [-0.4, -0.2) is 33.1 Å². The normalized spacial score (nSPS) is 19.9. The van der Waals surface area contributed by atoms with Crippen molar-refractivity contribution in [2.45, 2.75) is 38.9 Å². The van der Waals surface area contributed by atoms with Crippen LogP contribution < -0.4 is 5.73 Å². The van der Waals surface area contributed by atoms with Crippen LogP contribution in [0.4, 0.5) is 0 Å². The summed E-state index contributed by atoms with van der Waals surface area (Å²) >= 11 is 0. The topological polar surface area (TPSA) is 75.0 Å². The molecule has 1 atom stereocenters. The number of fused-ring (bicyclic) bond motifs is 3. The zero-order valence-electron chi connectivity index (χ0n) is 11.2. The second kappa shape index (κ2) is 4.35. The molecule has 3 rings (SSSR count). The Morgan fingerprint density at radius 3 is 3.00 bits per heavy atom. The van der Waals surface area contributed by atoms with Gasteiger partial charge in [0.15, 0.2) is 0 Å². The SMILES string of the molecule is CC(C)N1Cc2c(ccc3[nH]ncc23)CC(N)C1=O. The maximum absolute atomic E-state index is 12.3. The van der Waals surface area contributed by atoms with Crippen molar-refractivity contribution in [3.8, 4) is 0 Å². The molecule has 0 bridgehead atoms. The third kappa shape index (κ3) is 1.90. The van der Waals surface area contributed by atoms with Crippen LogP contribution >= 0.6 is 0 Å². The number of amides is 1. The lowest BCUT2D eigenvalue weighted by molar-refractivity contribution is -0.134. The van der Waals surface area contributed by atoms with Gasteiger partial charge in [0.1, 0.15) is 0 Å². The van der Waals surface area contributed by atoms with E-state index in [1.807, 2.05) is 37.1 Å². The van der Waals surface area contributed by atoms with E-state index in [1.54, 1.807) is 0 Å². The fraction of sp³-hybridized carbons (Fsp3) is 0.429. The van der Waals surface area contributed by atoms with Crippen molar-refractivity contribution >= 4 is 16.8 Å². The highest BCUT2D eigenvalue weighted by Crippen LogP contribution is 2.27. The third-order valence-electron chi connectivity index (χ3n) is 3.82. The minimum atomic E-state index is -0.451. The zero-order valence-corrected chi connectivity index (χ0v) is 11.2. The number of benzene rings is 1. The highest BCUT2D eigenvalue weighted by atomic mass is 16.2. The van der Waals surface area contributed by atoms with Gasteiger partial charge in [0.25, 0.3) is 0 Å². The number of nitrogens with two attached hydrogens (primary N) is 1. The summed E-state index contributed by atoms with van der Waals surface area (Å²) in [6.45, 7) is 4.65. The molecule has 0 saturated heterocycles. The molecular weight excluding hydrogens is 240 g/mol. The van der Waals surface area contributed by atoms with Gasteiger partial charge in [0, 0.05) is 18.0 Å². The summed E-state index contributed by atoms with van der Waals surface area (Å²) in [5.74, 6) is 0.0304. The summed E-state index contributed by atoms with van der Waals surface area (Å²) in [6, 6.07) is 3.75. The Balaban J connectivity index is 2.16. The number of H-pyrrole nitrogens is 1. The first-order valence-electron chi connectivity index (χ1n) is 6.58. The molecule has 1 aliphatic rings. The fourth-order valence-electron chi connectivity index (χ4n) is 2.72. The largest absolute Gasteiger partial charge is 0.335 e. The first-order valence-corrected chi connectivity index (χ1v) is 6.58. The Morgan fingerprint density at radius 1 is 1.47 bits per heavy atom. The van der Waals surface area contributed by atoms with E-state index in [0.717, 1.165) is 16.5 Å². The van der Waals surface area contributed by atoms with Crippen LogP contribution in [0.1, 0.15) is 25.0 Å². The highest BCUT2D eigenvalue weighted by molar-refractivity contribution is 5.87. The molecule has 0 aliphatic carbocycles. The molecular formula is C14H18N4O. The predicted octanol–water partition coefficient (Wildman–Crippen LogP) is 1.18. The van der Waals surface area contributed by atoms with E-state index < -0.39 is 6.04 Å². The van der Waals surface area contributed by atoms with Crippen LogP contribution in [0, 0.1) is 0 Å². The summed E-state index contributed by atoms with van der Waals surface area (Å²) in [4.78, 5) is 14.2. The maximum Gasteiger partial charge on any atom is 0.240 e. The minimum Gasteiger partial charge on any atom is -0.335 e. The number of carbonyl (C=O) groups excluding carboxylic acids is 1. The summed E-state index contributed by atoms with van der Waals surface area (Å²) < 4.78 is 0. The van der Waals surface area contributed by atoms with Gasteiger partial charge in [-0.3, -0.25) is 9.89 Å². The van der Waals surface area contributed by atoms with E-state index in [1.165, 1.54) is 5.56 Å². The zero-order chi connectivity index (χ0) is 13.6. The first kappa shape index (κ1) is 12.2. The average Bonchev–Trinajstić information content (AvgIpc) is 2.79. The van der Waals surface area contributed by atoms with Gasteiger partial charge in [-0.25, -0.2) is 0 Å². The van der Waals surface area contributed by atoms with Crippen molar-refractivity contribution < 1.29 is 4.79 Å². The van der Waals surface area contributed by atoms with E-state index in [4.69, 9.17) is 5.73 Å². The molecule has 3 N–H and O–H groups in total. The molecule has 0 spiro atoms. The van der Waals surface area contributed by atoms with E-state index in [-0.39, 0.29) is 11.9 Å². The summed E-state index contributed by atoms with van der Waals surface area (Å²) in [6.07, 6.45) is 2.42. The summed E-state index contributed by atoms with van der Waals surface area (Å²) in [7, 11) is 0. The molecule has 1 amide bonds. The number of aromatic amines is 1. The molecule has 1 aromatic carbocycles. The Kier molecular flexibility index (Phi) is 2.78. The molecule has 0 fully saturated rings. The van der Waals surface area contributed by atoms with Gasteiger partial charge in [-0.2, -0.15) is 5.10 Å². The Morgan fingerprint density at radius 2 is 2.26 bits per heavy atom. The van der Waals surface area contributed by atoms with Crippen molar-refractivity contribution in [3.63, 3.8) is 0 Å². The number of hydrogen-bond donors (Lipinski definition) is 2. The average molecular weight is 258 g/mol. The molecule has 2 aromatic rings. The number of rotatable bonds is 1. The summed E-state index contributed by atoms with van der Waals surface area (Å²) in [5, 5.41) is 8.15. The van der Waals surface area contributed by atoms with Crippen LogP contribution in [0.5, 0.6) is 0 Å². The van der Waals surface area contributed by atoms with Crippen molar-refractivity contribution in [3.05, 3.63) is 29.5 Å². The van der Waals surface area contributed by atoms with Crippen molar-refractivity contribution in [1.82, 2.24) is 15.1 Å². The molecule has 1 unspecified atom stereocenters. The molecule has 1 aromatic heterocycles. The second-order valence-electron chi connectivity index (χ2n) is 5.40. The standard InChI is InChI=1S/C14H18N4O/c1-8(2)18-7-11-9(5-12(15)14(18)19)3-4-13-10(11)6-16-17-13/h3-4,6,8,12H,5,7,15H2,1-2H3,(H,16,17). The van der Waals surface area contributed by atoms with E-state index in [0.29, 0.717) is 13.0 Å². The second-order valence-corrected chi connectivity index (χ2v) is 5.40. The van der Waals surface area contributed by atoms with Gasteiger partial charge in [0.05, 0.1) is 17.8 Å². The van der Waals surface area contributed by atoms with Crippen LogP contribution in [0.3, 0.4) is 0 Å². The first-order chi connectivity index (χ1) is 9.08. The van der Waals surface area contributed by atoms with E-state index >= 15 is 0 Å². The van der Waals surface area contributed by atoms with E-state index in [2.05, 4.69) is 10.2 Å². The monoisotopic (exact) mass is 258 g/mol. The van der Waals surface area contributed by atoms with Crippen LogP contribution in [0.2, 0.25) is 0 Å². The number of aromatic nitrogens is 2. The molecule has 100 valence electrons. The lowest BCUT2D eigenvalue weighted by Gasteiger charge is -2.27. The van der Waals surface area contributed by atoms with Gasteiger partial charge in [-0.05, 0) is 37.5 Å². The Bertz CT molecular complexity index is 631. The molecule has 5 heteroatoms. The van der Waals surface area contributed by atoms with E-state index in [9.17, 15) is 4.79 Å². The van der Waals surface area contributed by atoms with Crippen molar-refractivity contribution in [2.24, 2.45) is 5.73 Å². The molecule has 1 aliphatic heterocycles. The number of nitrogens with zero attached hydrogens (tertiary/aromatic N) is 2. The van der Waals surface area contributed by atoms with Crippen molar-refractivity contribution in [1.29, 1.82) is 0 Å². The molecule has 0 radical (unpaired) electrons. The van der Waals surface area contributed by atoms with Crippen LogP contribution in [0.25, 0.3) is 10.9 Å². The number of hydrogen-bond acceptors (Lipinski definition) is 3. The minimum absolute atomic E-state index is 0.0304. The van der Waals surface area contributed by atoms with Gasteiger partial charge in [0.2, 0.25) is 5.91 Å². The Hall–Kier alpha value is -1.88. The maximum atomic E-state index is 12.3. The van der Waals surface area contributed by atoms with Gasteiger partial charge >= 0.3 is 0 Å². The van der Waals surface area contributed by atoms with Gasteiger partial charge in [-0.1, -0.05) is 6.07 Å². The lowest BCUT2D eigenvalue weighted by Crippen LogP contribution is -2.45. The number of carbonyl (C=O) groups is 1. The lowest BCUT2D eigenvalue weighted by atomic mass is 9.99. The number of nitrogens with one attached hydrogen (secondary N) is 1. The molecule has 0 saturated carbocycles. The Labute approximate surface area is 111 Å². The van der Waals surface area contributed by atoms with Gasteiger partial charge in [-0.15, -0.1) is 0 Å². The smallest absolute Gasteiger partial charge is 0.240 e. The fourth-order valence-corrected chi connectivity index (χ4v) is 2.72. The quantitative estimate of drug-likeness (QED) is 0.806.